The van der Waals surface area contributed by atoms with Crippen LogP contribution in [0.2, 0.25) is 5.02 Å². The average Bonchev–Trinajstić information content (AvgIpc) is 2.87. The molecule has 2 aromatic heterocycles. The first-order valence-corrected chi connectivity index (χ1v) is 13.1. The number of halogens is 2. The zero-order valence-electron chi connectivity index (χ0n) is 19.4. The molecule has 0 bridgehead atoms. The van der Waals surface area contributed by atoms with Crippen LogP contribution in [-0.4, -0.2) is 59.3 Å². The van der Waals surface area contributed by atoms with Crippen molar-refractivity contribution in [3.05, 3.63) is 52.6 Å². The lowest BCUT2D eigenvalue weighted by Gasteiger charge is -2.32. The Labute approximate surface area is 212 Å². The van der Waals surface area contributed by atoms with Gasteiger partial charge in [-0.2, -0.15) is 0 Å². The van der Waals surface area contributed by atoms with Crippen LogP contribution in [0, 0.1) is 5.82 Å². The molecule has 1 amide bonds. The third kappa shape index (κ3) is 5.38. The molecule has 0 saturated carbocycles. The van der Waals surface area contributed by atoms with Gasteiger partial charge >= 0.3 is 0 Å². The van der Waals surface area contributed by atoms with Crippen LogP contribution in [0.25, 0.3) is 10.9 Å². The largest absolute Gasteiger partial charge is 0.493 e. The van der Waals surface area contributed by atoms with Gasteiger partial charge in [0.15, 0.2) is 11.6 Å². The molecule has 0 atom stereocenters. The molecule has 0 radical (unpaired) electrons. The van der Waals surface area contributed by atoms with Crippen molar-refractivity contribution >= 4 is 46.0 Å². The fraction of sp³-hybridized carbons (Fsp3) is 0.400. The molecule has 184 valence electrons. The number of anilines is 1. The van der Waals surface area contributed by atoms with Crippen molar-refractivity contribution in [2.75, 3.05) is 37.8 Å². The highest BCUT2D eigenvalue weighted by molar-refractivity contribution is 8.00. The lowest BCUT2D eigenvalue weighted by Crippen LogP contribution is -2.43. The summed E-state index contributed by atoms with van der Waals surface area (Å²) in [4.78, 5) is 24.0. The Morgan fingerprint density at radius 2 is 2.11 bits per heavy atom. The highest BCUT2D eigenvalue weighted by Gasteiger charge is 2.22. The lowest BCUT2D eigenvalue weighted by molar-refractivity contribution is -0.113. The highest BCUT2D eigenvalue weighted by atomic mass is 35.5. The Hall–Kier alpha value is -2.46. The van der Waals surface area contributed by atoms with E-state index in [9.17, 15) is 9.18 Å². The van der Waals surface area contributed by atoms with E-state index in [-0.39, 0.29) is 11.7 Å². The smallest absolute Gasteiger partial charge is 0.235 e. The average molecular weight is 516 g/mol. The SMILES string of the molecule is COc1c(F)ccc2ncc(Cl)c(CCN3CCC(NCc4ccc5c(n4)NC(=O)CS5)CC3)c12. The molecule has 0 spiro atoms. The molecule has 1 saturated heterocycles. The number of nitrogens with zero attached hydrogens (tertiary/aromatic N) is 3. The van der Waals surface area contributed by atoms with E-state index in [0.717, 1.165) is 48.6 Å². The van der Waals surface area contributed by atoms with Crippen LogP contribution in [0.3, 0.4) is 0 Å². The minimum atomic E-state index is -0.410. The molecule has 10 heteroatoms. The van der Waals surface area contributed by atoms with E-state index in [1.54, 1.807) is 12.3 Å². The molecule has 3 aromatic rings. The molecular formula is C25H27ClFN5O2S. The number of amides is 1. The summed E-state index contributed by atoms with van der Waals surface area (Å²) in [6.45, 7) is 3.43. The quantitative estimate of drug-likeness (QED) is 0.486. The van der Waals surface area contributed by atoms with Gasteiger partial charge in [0.05, 0.1) is 39.4 Å². The molecule has 4 heterocycles. The molecule has 2 aliphatic rings. The van der Waals surface area contributed by atoms with Crippen LogP contribution < -0.4 is 15.4 Å². The van der Waals surface area contributed by atoms with E-state index in [2.05, 4.69) is 25.5 Å². The maximum atomic E-state index is 14.3. The molecule has 2 N–H and O–H groups in total. The Balaban J connectivity index is 1.15. The third-order valence-electron chi connectivity index (χ3n) is 6.57. The molecule has 7 nitrogen and oxygen atoms in total. The van der Waals surface area contributed by atoms with Crippen LogP contribution in [0.15, 0.2) is 35.4 Å². The molecule has 2 aliphatic heterocycles. The van der Waals surface area contributed by atoms with Crippen LogP contribution in [0.4, 0.5) is 10.2 Å². The van der Waals surface area contributed by atoms with Gasteiger partial charge in [-0.1, -0.05) is 11.6 Å². The van der Waals surface area contributed by atoms with Crippen molar-refractivity contribution in [2.45, 2.75) is 36.7 Å². The maximum Gasteiger partial charge on any atom is 0.235 e. The number of ether oxygens (including phenoxy) is 1. The second kappa shape index (κ2) is 10.7. The second-order valence-electron chi connectivity index (χ2n) is 8.79. The number of carbonyl (C=O) groups excluding carboxylic acids is 1. The number of hydrogen-bond acceptors (Lipinski definition) is 7. The lowest BCUT2D eigenvalue weighted by atomic mass is 10.0. The van der Waals surface area contributed by atoms with E-state index in [1.165, 1.54) is 24.9 Å². The molecule has 35 heavy (non-hydrogen) atoms. The van der Waals surface area contributed by atoms with E-state index in [0.29, 0.717) is 46.5 Å². The zero-order valence-corrected chi connectivity index (χ0v) is 21.0. The van der Waals surface area contributed by atoms with Crippen LogP contribution in [-0.2, 0) is 17.8 Å². The molecule has 1 aromatic carbocycles. The number of hydrogen-bond donors (Lipinski definition) is 2. The second-order valence-corrected chi connectivity index (χ2v) is 10.2. The normalized spacial score (nSPS) is 16.8. The number of rotatable bonds is 7. The number of methoxy groups -OCH3 is 1. The number of thioether (sulfide) groups is 1. The fourth-order valence-electron chi connectivity index (χ4n) is 4.70. The van der Waals surface area contributed by atoms with Crippen molar-refractivity contribution in [2.24, 2.45) is 0 Å². The number of pyridine rings is 2. The first-order chi connectivity index (χ1) is 17.0. The van der Waals surface area contributed by atoms with Crippen molar-refractivity contribution in [1.82, 2.24) is 20.2 Å². The summed E-state index contributed by atoms with van der Waals surface area (Å²) < 4.78 is 19.7. The minimum Gasteiger partial charge on any atom is -0.493 e. The van der Waals surface area contributed by atoms with E-state index in [4.69, 9.17) is 16.3 Å². The number of fused-ring (bicyclic) bond motifs is 2. The third-order valence-corrected chi connectivity index (χ3v) is 7.94. The number of piperidine rings is 1. The molecule has 1 fully saturated rings. The van der Waals surface area contributed by atoms with Crippen LogP contribution in [0.1, 0.15) is 24.1 Å². The summed E-state index contributed by atoms with van der Waals surface area (Å²) in [5, 5.41) is 7.65. The molecule has 0 aliphatic carbocycles. The van der Waals surface area contributed by atoms with Gasteiger partial charge in [-0.05, 0) is 62.2 Å². The van der Waals surface area contributed by atoms with E-state index < -0.39 is 5.82 Å². The topological polar surface area (TPSA) is 79.4 Å². The van der Waals surface area contributed by atoms with Crippen molar-refractivity contribution < 1.29 is 13.9 Å². The molecular weight excluding hydrogens is 489 g/mol. The fourth-order valence-corrected chi connectivity index (χ4v) is 5.69. The van der Waals surface area contributed by atoms with Gasteiger partial charge in [0, 0.05) is 25.3 Å². The number of carbonyl (C=O) groups is 1. The van der Waals surface area contributed by atoms with Gasteiger partial charge in [0.2, 0.25) is 5.91 Å². The predicted octanol–water partition coefficient (Wildman–Crippen LogP) is 4.27. The number of nitrogens with one attached hydrogen (secondary N) is 2. The van der Waals surface area contributed by atoms with Crippen molar-refractivity contribution in [3.63, 3.8) is 0 Å². The van der Waals surface area contributed by atoms with Gasteiger partial charge in [0.1, 0.15) is 5.82 Å². The van der Waals surface area contributed by atoms with Gasteiger partial charge < -0.3 is 20.3 Å². The monoisotopic (exact) mass is 515 g/mol. The van der Waals surface area contributed by atoms with Gasteiger partial charge in [-0.3, -0.25) is 9.78 Å². The van der Waals surface area contributed by atoms with Crippen molar-refractivity contribution in [3.8, 4) is 5.75 Å². The summed E-state index contributed by atoms with van der Waals surface area (Å²) in [5.41, 5.74) is 2.48. The van der Waals surface area contributed by atoms with E-state index >= 15 is 0 Å². The van der Waals surface area contributed by atoms with Crippen LogP contribution >= 0.6 is 23.4 Å². The molecule has 5 rings (SSSR count). The summed E-state index contributed by atoms with van der Waals surface area (Å²) in [6, 6.07) is 7.49. The molecule has 0 unspecified atom stereocenters. The van der Waals surface area contributed by atoms with Gasteiger partial charge in [0.25, 0.3) is 0 Å². The Morgan fingerprint density at radius 1 is 1.29 bits per heavy atom. The highest BCUT2D eigenvalue weighted by Crippen LogP contribution is 2.34. The first-order valence-electron chi connectivity index (χ1n) is 11.7. The standard InChI is InChI=1S/C25H27ClFN5O2S/c1-34-24-19(27)3-4-20-23(24)17(18(26)13-29-20)8-11-32-9-6-15(7-10-32)28-12-16-2-5-21-25(30-16)31-22(33)14-35-21/h2-5,13,15,28H,6-12,14H2,1H3,(H,30,31,33). The summed E-state index contributed by atoms with van der Waals surface area (Å²) in [5.74, 6) is 0.895. The maximum absolute atomic E-state index is 14.3. The first kappa shape index (κ1) is 24.2. The number of aromatic nitrogens is 2. The number of benzene rings is 1. The van der Waals surface area contributed by atoms with Gasteiger partial charge in [-0.15, -0.1) is 11.8 Å². The Bertz CT molecular complexity index is 1250. The predicted molar refractivity (Wildman–Crippen MR) is 137 cm³/mol. The zero-order chi connectivity index (χ0) is 24.4. The Morgan fingerprint density at radius 3 is 2.91 bits per heavy atom. The summed E-state index contributed by atoms with van der Waals surface area (Å²) in [7, 11) is 1.47. The summed E-state index contributed by atoms with van der Waals surface area (Å²) >= 11 is 8.00. The summed E-state index contributed by atoms with van der Waals surface area (Å²) in [6.07, 6.45) is 4.38. The number of likely N-dealkylation sites (tertiary alicyclic amines) is 1. The van der Waals surface area contributed by atoms with Crippen molar-refractivity contribution in [1.29, 1.82) is 0 Å². The van der Waals surface area contributed by atoms with Crippen LogP contribution in [0.5, 0.6) is 5.75 Å². The minimum absolute atomic E-state index is 0.00268. The Kier molecular flexibility index (Phi) is 7.38. The van der Waals surface area contributed by atoms with Gasteiger partial charge in [-0.25, -0.2) is 9.37 Å². The van der Waals surface area contributed by atoms with E-state index in [1.807, 2.05) is 12.1 Å².